The number of morpholine rings is 1. The first-order valence-electron chi connectivity index (χ1n) is 10.0. The van der Waals surface area contributed by atoms with Crippen LogP contribution in [0.5, 0.6) is 0 Å². The van der Waals surface area contributed by atoms with E-state index >= 15 is 0 Å². The number of aliphatic hydroxyl groups excluding tert-OH is 1. The lowest BCUT2D eigenvalue weighted by molar-refractivity contribution is 0.0502. The monoisotopic (exact) mass is 468 g/mol. The maximum atomic E-state index is 12.7. The van der Waals surface area contributed by atoms with E-state index in [1.54, 1.807) is 24.3 Å². The molecule has 0 unspecified atom stereocenters. The highest BCUT2D eigenvalue weighted by atomic mass is 32.2. The van der Waals surface area contributed by atoms with Gasteiger partial charge in [-0.3, -0.25) is 0 Å². The van der Waals surface area contributed by atoms with Crippen molar-refractivity contribution in [2.45, 2.75) is 4.90 Å². The SMILES string of the molecule is N#C/C(=C(\O)COC(=O)c1ccc(S(=O)(=O)N2CCOCC2)cc1)c1nc2ccccc2[nH]1. The second-order valence-electron chi connectivity index (χ2n) is 7.15. The van der Waals surface area contributed by atoms with Gasteiger partial charge in [0.2, 0.25) is 10.0 Å². The van der Waals surface area contributed by atoms with Gasteiger partial charge in [0.15, 0.2) is 11.6 Å². The fourth-order valence-corrected chi connectivity index (χ4v) is 4.72. The number of nitrogens with zero attached hydrogens (tertiary/aromatic N) is 3. The summed E-state index contributed by atoms with van der Waals surface area (Å²) < 4.78 is 36.9. The molecule has 2 aromatic carbocycles. The van der Waals surface area contributed by atoms with Crippen molar-refractivity contribution in [3.8, 4) is 6.07 Å². The van der Waals surface area contributed by atoms with Gasteiger partial charge < -0.3 is 19.6 Å². The first-order valence-corrected chi connectivity index (χ1v) is 11.5. The molecule has 33 heavy (non-hydrogen) atoms. The molecule has 0 saturated carbocycles. The standard InChI is InChI=1S/C22H20N4O6S/c23-13-17(21-24-18-3-1-2-4-19(18)25-21)20(27)14-32-22(28)15-5-7-16(8-6-15)33(29,30)26-9-11-31-12-10-26/h1-8,27H,9-12,14H2,(H,24,25)/b20-17+. The van der Waals surface area contributed by atoms with Crippen LogP contribution < -0.4 is 0 Å². The highest BCUT2D eigenvalue weighted by molar-refractivity contribution is 7.89. The molecule has 0 amide bonds. The molecule has 1 aromatic heterocycles. The molecule has 0 aliphatic carbocycles. The van der Waals surface area contributed by atoms with Gasteiger partial charge in [0.05, 0.1) is 34.7 Å². The lowest BCUT2D eigenvalue weighted by Gasteiger charge is -2.26. The number of benzene rings is 2. The third-order valence-corrected chi connectivity index (χ3v) is 6.98. The number of imidazole rings is 1. The molecule has 3 aromatic rings. The third-order valence-electron chi connectivity index (χ3n) is 5.06. The average Bonchev–Trinajstić information content (AvgIpc) is 3.27. The number of nitriles is 1. The first kappa shape index (κ1) is 22.5. The molecule has 11 heteroatoms. The number of fused-ring (bicyclic) bond motifs is 1. The zero-order chi connectivity index (χ0) is 23.4. The molecule has 10 nitrogen and oxygen atoms in total. The van der Waals surface area contributed by atoms with Gasteiger partial charge in [-0.2, -0.15) is 9.57 Å². The number of H-pyrrole nitrogens is 1. The van der Waals surface area contributed by atoms with Crippen molar-refractivity contribution in [1.29, 1.82) is 5.26 Å². The summed E-state index contributed by atoms with van der Waals surface area (Å²) >= 11 is 0. The van der Waals surface area contributed by atoms with Gasteiger partial charge in [0.1, 0.15) is 18.2 Å². The number of para-hydroxylation sites is 2. The van der Waals surface area contributed by atoms with E-state index in [0.29, 0.717) is 24.2 Å². The number of sulfonamides is 1. The molecular weight excluding hydrogens is 448 g/mol. The summed E-state index contributed by atoms with van der Waals surface area (Å²) in [5, 5.41) is 19.7. The van der Waals surface area contributed by atoms with E-state index in [0.717, 1.165) is 0 Å². The quantitative estimate of drug-likeness (QED) is 0.318. The number of ether oxygens (including phenoxy) is 2. The summed E-state index contributed by atoms with van der Waals surface area (Å²) in [6.45, 7) is 0.653. The predicted octanol–water partition coefficient (Wildman–Crippen LogP) is 2.23. The molecule has 170 valence electrons. The van der Waals surface area contributed by atoms with Gasteiger partial charge in [0, 0.05) is 13.1 Å². The van der Waals surface area contributed by atoms with Crippen molar-refractivity contribution >= 4 is 32.6 Å². The fraction of sp³-hybridized carbons (Fsp3) is 0.227. The number of nitrogens with one attached hydrogen (secondary N) is 1. The molecule has 1 aliphatic heterocycles. The Morgan fingerprint density at radius 3 is 2.55 bits per heavy atom. The van der Waals surface area contributed by atoms with Gasteiger partial charge in [-0.15, -0.1) is 0 Å². The van der Waals surface area contributed by atoms with E-state index in [-0.39, 0.29) is 34.9 Å². The summed E-state index contributed by atoms with van der Waals surface area (Å²) in [6.07, 6.45) is 0. The molecular formula is C22H20N4O6S. The lowest BCUT2D eigenvalue weighted by Crippen LogP contribution is -2.40. The molecule has 0 atom stereocenters. The lowest BCUT2D eigenvalue weighted by atomic mass is 10.2. The topological polar surface area (TPSA) is 146 Å². The van der Waals surface area contributed by atoms with Crippen molar-refractivity contribution in [2.75, 3.05) is 32.9 Å². The number of aromatic amines is 1. The minimum absolute atomic E-state index is 0.0559. The maximum absolute atomic E-state index is 12.7. The Labute approximate surface area is 189 Å². The van der Waals surface area contributed by atoms with Crippen LogP contribution in [-0.2, 0) is 19.5 Å². The number of allylic oxidation sites excluding steroid dienone is 1. The van der Waals surface area contributed by atoms with E-state index in [1.165, 1.54) is 28.6 Å². The van der Waals surface area contributed by atoms with Gasteiger partial charge in [0.25, 0.3) is 0 Å². The Morgan fingerprint density at radius 2 is 1.88 bits per heavy atom. The summed E-state index contributed by atoms with van der Waals surface area (Å²) in [7, 11) is -3.68. The molecule has 1 fully saturated rings. The van der Waals surface area contributed by atoms with Crippen LogP contribution in [0.25, 0.3) is 16.6 Å². The van der Waals surface area contributed by atoms with Crippen LogP contribution in [0.15, 0.2) is 59.2 Å². The molecule has 0 radical (unpaired) electrons. The number of aliphatic hydroxyl groups is 1. The number of aromatic nitrogens is 2. The molecule has 4 rings (SSSR count). The van der Waals surface area contributed by atoms with Gasteiger partial charge in [-0.25, -0.2) is 18.2 Å². The number of rotatable bonds is 6. The summed E-state index contributed by atoms with van der Waals surface area (Å²) in [4.78, 5) is 19.6. The van der Waals surface area contributed by atoms with E-state index < -0.39 is 28.4 Å². The number of hydrogen-bond acceptors (Lipinski definition) is 8. The van der Waals surface area contributed by atoms with Gasteiger partial charge in [-0.1, -0.05) is 12.1 Å². The Kier molecular flexibility index (Phi) is 6.41. The first-order chi connectivity index (χ1) is 15.9. The molecule has 1 aliphatic rings. The van der Waals surface area contributed by atoms with Crippen LogP contribution in [0.1, 0.15) is 16.2 Å². The van der Waals surface area contributed by atoms with E-state index in [2.05, 4.69) is 9.97 Å². The number of hydrogen-bond donors (Lipinski definition) is 2. The Hall–Kier alpha value is -3.72. The van der Waals surface area contributed by atoms with Gasteiger partial charge >= 0.3 is 5.97 Å². The van der Waals surface area contributed by atoms with Crippen LogP contribution in [0.3, 0.4) is 0 Å². The minimum atomic E-state index is -3.68. The van der Waals surface area contributed by atoms with Crippen molar-refractivity contribution in [3.05, 3.63) is 65.7 Å². The van der Waals surface area contributed by atoms with E-state index in [9.17, 15) is 23.6 Å². The molecule has 0 bridgehead atoms. The summed E-state index contributed by atoms with van der Waals surface area (Å²) in [5.74, 6) is -1.08. The smallest absolute Gasteiger partial charge is 0.338 e. The fourth-order valence-electron chi connectivity index (χ4n) is 3.31. The maximum Gasteiger partial charge on any atom is 0.338 e. The van der Waals surface area contributed by atoms with Crippen molar-refractivity contribution in [2.24, 2.45) is 0 Å². The molecule has 2 N–H and O–H groups in total. The molecule has 1 saturated heterocycles. The normalized spacial score (nSPS) is 15.6. The van der Waals surface area contributed by atoms with Crippen molar-refractivity contribution < 1.29 is 27.8 Å². The second kappa shape index (κ2) is 9.41. The molecule has 2 heterocycles. The van der Waals surface area contributed by atoms with Crippen molar-refractivity contribution in [3.63, 3.8) is 0 Å². The highest BCUT2D eigenvalue weighted by Crippen LogP contribution is 2.20. The van der Waals surface area contributed by atoms with Crippen LogP contribution in [0.2, 0.25) is 0 Å². The number of esters is 1. The molecule has 0 spiro atoms. The van der Waals surface area contributed by atoms with Crippen molar-refractivity contribution in [1.82, 2.24) is 14.3 Å². The summed E-state index contributed by atoms with van der Waals surface area (Å²) in [6, 6.07) is 14.3. The Bertz CT molecular complexity index is 1320. The largest absolute Gasteiger partial charge is 0.507 e. The Morgan fingerprint density at radius 1 is 1.18 bits per heavy atom. The number of carbonyl (C=O) groups is 1. The van der Waals surface area contributed by atoms with Crippen LogP contribution in [-0.4, -0.2) is 66.7 Å². The zero-order valence-electron chi connectivity index (χ0n) is 17.4. The van der Waals surface area contributed by atoms with Crippen LogP contribution >= 0.6 is 0 Å². The number of carbonyl (C=O) groups excluding carboxylic acids is 1. The minimum Gasteiger partial charge on any atom is -0.507 e. The average molecular weight is 468 g/mol. The van der Waals surface area contributed by atoms with Crippen LogP contribution in [0.4, 0.5) is 0 Å². The van der Waals surface area contributed by atoms with Crippen LogP contribution in [0, 0.1) is 11.3 Å². The predicted molar refractivity (Wildman–Crippen MR) is 118 cm³/mol. The zero-order valence-corrected chi connectivity index (χ0v) is 18.2. The van der Waals surface area contributed by atoms with E-state index in [4.69, 9.17) is 9.47 Å². The second-order valence-corrected chi connectivity index (χ2v) is 9.09. The van der Waals surface area contributed by atoms with Gasteiger partial charge in [-0.05, 0) is 36.4 Å². The van der Waals surface area contributed by atoms with E-state index in [1.807, 2.05) is 6.07 Å². The Balaban J connectivity index is 1.45. The highest BCUT2D eigenvalue weighted by Gasteiger charge is 2.26. The summed E-state index contributed by atoms with van der Waals surface area (Å²) in [5.41, 5.74) is 1.27. The third kappa shape index (κ3) is 4.73.